The maximum Gasteiger partial charge on any atom is 0.455 e. The molecule has 0 amide bonds. The van der Waals surface area contributed by atoms with Crippen molar-refractivity contribution in [2.45, 2.75) is 18.0 Å². The van der Waals surface area contributed by atoms with E-state index in [1.165, 1.54) is 6.07 Å². The summed E-state index contributed by atoms with van der Waals surface area (Å²) in [5.41, 5.74) is -1.69. The monoisotopic (exact) mass is 270 g/mol. The first kappa shape index (κ1) is 14.6. The normalized spacial score (nSPS) is 16.2. The molecule has 1 aromatic carbocycles. The number of benzene rings is 1. The van der Waals surface area contributed by atoms with Gasteiger partial charge in [-0.2, -0.15) is 26.3 Å². The minimum atomic E-state index is -6.12. The van der Waals surface area contributed by atoms with Gasteiger partial charge in [-0.15, -0.1) is 0 Å². The lowest BCUT2D eigenvalue weighted by Gasteiger charge is -2.31. The lowest BCUT2D eigenvalue weighted by atomic mass is 9.96. The van der Waals surface area contributed by atoms with E-state index >= 15 is 0 Å². The average Bonchev–Trinajstić information content (AvgIpc) is 2.27. The summed E-state index contributed by atoms with van der Waals surface area (Å²) in [6, 6.07) is 3.89. The van der Waals surface area contributed by atoms with Crippen molar-refractivity contribution >= 4 is 6.08 Å². The van der Waals surface area contributed by atoms with Crippen molar-refractivity contribution in [3.63, 3.8) is 0 Å². The summed E-state index contributed by atoms with van der Waals surface area (Å²) >= 11 is 0. The molecular weight excluding hydrogens is 262 g/mol. The van der Waals surface area contributed by atoms with Gasteiger partial charge in [-0.1, -0.05) is 36.9 Å². The Morgan fingerprint density at radius 1 is 1.00 bits per heavy atom. The Bertz CT molecular complexity index is 449. The molecule has 1 atom stereocenters. The smallest absolute Gasteiger partial charge is 0.350 e. The maximum atomic E-state index is 13.5. The Labute approximate surface area is 98.4 Å². The summed E-state index contributed by atoms with van der Waals surface area (Å²) in [4.78, 5) is 0. The van der Waals surface area contributed by atoms with Gasteiger partial charge in [-0.05, 0) is 5.56 Å². The molecule has 0 aliphatic carbocycles. The van der Waals surface area contributed by atoms with Gasteiger partial charge >= 0.3 is 18.0 Å². The molecule has 0 radical (unpaired) electrons. The fourth-order valence-electron chi connectivity index (χ4n) is 1.32. The van der Waals surface area contributed by atoms with Crippen molar-refractivity contribution in [3.05, 3.63) is 42.0 Å². The van der Waals surface area contributed by atoms with Gasteiger partial charge in [-0.25, -0.2) is 0 Å². The van der Waals surface area contributed by atoms with Gasteiger partial charge in [0, 0.05) is 5.56 Å². The predicted octanol–water partition coefficient (Wildman–Crippen LogP) is 3.64. The summed E-state index contributed by atoms with van der Waals surface area (Å²) in [6.45, 7) is 3.13. The van der Waals surface area contributed by atoms with Crippen molar-refractivity contribution in [1.29, 1.82) is 0 Å². The van der Waals surface area contributed by atoms with E-state index in [-0.39, 0.29) is 0 Å². The molecule has 0 fully saturated rings. The standard InChI is InChI=1S/C11H8F6O/c1-2-7-5-3-4-6-8(7)9(12,13)10(14,18)11(15,16)17/h2-6,18H,1H2. The number of hydrogen-bond acceptors (Lipinski definition) is 1. The fraction of sp³-hybridized carbons (Fsp3) is 0.273. The molecule has 0 saturated heterocycles. The van der Waals surface area contributed by atoms with Crippen LogP contribution < -0.4 is 0 Å². The first-order valence-corrected chi connectivity index (χ1v) is 4.63. The molecular formula is C11H8F6O. The Kier molecular flexibility index (Phi) is 3.49. The summed E-state index contributed by atoms with van der Waals surface area (Å²) < 4.78 is 76.4. The number of rotatable bonds is 3. The van der Waals surface area contributed by atoms with Gasteiger partial charge in [0.1, 0.15) is 0 Å². The van der Waals surface area contributed by atoms with E-state index in [0.29, 0.717) is 6.07 Å². The molecule has 100 valence electrons. The van der Waals surface area contributed by atoms with Crippen LogP contribution in [0.15, 0.2) is 30.8 Å². The van der Waals surface area contributed by atoms with E-state index < -0.39 is 29.1 Å². The first-order chi connectivity index (χ1) is 8.05. The molecule has 18 heavy (non-hydrogen) atoms. The van der Waals surface area contributed by atoms with E-state index in [4.69, 9.17) is 5.11 Å². The predicted molar refractivity (Wildman–Crippen MR) is 52.5 cm³/mol. The highest BCUT2D eigenvalue weighted by Crippen LogP contribution is 2.49. The molecule has 0 aliphatic rings. The molecule has 7 heteroatoms. The van der Waals surface area contributed by atoms with Gasteiger partial charge < -0.3 is 5.11 Å². The number of alkyl halides is 6. The molecule has 0 aromatic heterocycles. The second kappa shape index (κ2) is 4.31. The van der Waals surface area contributed by atoms with Crippen molar-refractivity contribution in [1.82, 2.24) is 0 Å². The largest absolute Gasteiger partial charge is 0.455 e. The van der Waals surface area contributed by atoms with Gasteiger partial charge in [0.05, 0.1) is 0 Å². The minimum Gasteiger partial charge on any atom is -0.350 e. The fourth-order valence-corrected chi connectivity index (χ4v) is 1.32. The summed E-state index contributed by atoms with van der Waals surface area (Å²) in [6.07, 6.45) is -5.28. The van der Waals surface area contributed by atoms with E-state index in [2.05, 4.69) is 6.58 Å². The topological polar surface area (TPSA) is 20.2 Å². The second-order valence-corrected chi connectivity index (χ2v) is 3.49. The first-order valence-electron chi connectivity index (χ1n) is 4.63. The van der Waals surface area contributed by atoms with Crippen LogP contribution in [0.25, 0.3) is 6.08 Å². The highest BCUT2D eigenvalue weighted by molar-refractivity contribution is 5.53. The highest BCUT2D eigenvalue weighted by Gasteiger charge is 2.71. The van der Waals surface area contributed by atoms with E-state index in [0.717, 1.165) is 18.2 Å². The van der Waals surface area contributed by atoms with Crippen LogP contribution in [0.5, 0.6) is 0 Å². The van der Waals surface area contributed by atoms with Gasteiger partial charge in [0.15, 0.2) is 0 Å². The molecule has 1 unspecified atom stereocenters. The summed E-state index contributed by atoms with van der Waals surface area (Å²) in [5, 5.41) is 8.48. The molecule has 0 bridgehead atoms. The molecule has 1 N–H and O–H groups in total. The second-order valence-electron chi connectivity index (χ2n) is 3.49. The molecule has 1 nitrogen and oxygen atoms in total. The molecule has 0 aliphatic heterocycles. The zero-order valence-corrected chi connectivity index (χ0v) is 8.81. The molecule has 1 aromatic rings. The molecule has 0 heterocycles. The van der Waals surface area contributed by atoms with E-state index in [1.807, 2.05) is 0 Å². The number of aliphatic hydroxyl groups is 1. The highest BCUT2D eigenvalue weighted by atomic mass is 19.4. The summed E-state index contributed by atoms with van der Waals surface area (Å²) in [7, 11) is 0. The van der Waals surface area contributed by atoms with Crippen molar-refractivity contribution in [3.8, 4) is 0 Å². The van der Waals surface area contributed by atoms with Crippen molar-refractivity contribution in [2.75, 3.05) is 0 Å². The van der Waals surface area contributed by atoms with Crippen LogP contribution in [-0.4, -0.2) is 17.1 Å². The van der Waals surface area contributed by atoms with E-state index in [1.54, 1.807) is 0 Å². The zero-order valence-electron chi connectivity index (χ0n) is 8.81. The lowest BCUT2D eigenvalue weighted by molar-refractivity contribution is -0.390. The quantitative estimate of drug-likeness (QED) is 0.831. The lowest BCUT2D eigenvalue weighted by Crippen LogP contribution is -2.53. The van der Waals surface area contributed by atoms with Crippen LogP contribution in [0.3, 0.4) is 0 Å². The van der Waals surface area contributed by atoms with Crippen LogP contribution in [0, 0.1) is 0 Å². The maximum absolute atomic E-state index is 13.5. The zero-order chi connectivity index (χ0) is 14.2. The Balaban J connectivity index is 3.42. The van der Waals surface area contributed by atoms with E-state index in [9.17, 15) is 26.3 Å². The van der Waals surface area contributed by atoms with Crippen LogP contribution in [-0.2, 0) is 5.92 Å². The number of halogens is 6. The van der Waals surface area contributed by atoms with Gasteiger partial charge in [0.2, 0.25) is 0 Å². The van der Waals surface area contributed by atoms with Crippen LogP contribution in [0.2, 0.25) is 0 Å². The SMILES string of the molecule is C=Cc1ccccc1C(F)(F)C(O)(F)C(F)(F)F. The van der Waals surface area contributed by atoms with Crippen LogP contribution in [0.1, 0.15) is 11.1 Å². The van der Waals surface area contributed by atoms with Gasteiger partial charge in [-0.3, -0.25) is 0 Å². The van der Waals surface area contributed by atoms with Gasteiger partial charge in [0.25, 0.3) is 0 Å². The minimum absolute atomic E-state index is 0.400. The average molecular weight is 270 g/mol. The molecule has 0 spiro atoms. The third kappa shape index (κ3) is 2.10. The summed E-state index contributed by atoms with van der Waals surface area (Å²) in [5.74, 6) is -10.8. The van der Waals surface area contributed by atoms with Crippen LogP contribution >= 0.6 is 0 Å². The van der Waals surface area contributed by atoms with Crippen molar-refractivity contribution < 1.29 is 31.4 Å². The third-order valence-electron chi connectivity index (χ3n) is 2.31. The third-order valence-corrected chi connectivity index (χ3v) is 2.31. The number of hydrogen-bond donors (Lipinski definition) is 1. The van der Waals surface area contributed by atoms with Crippen LogP contribution in [0.4, 0.5) is 26.3 Å². The Morgan fingerprint density at radius 2 is 1.50 bits per heavy atom. The molecule has 0 saturated carbocycles. The molecule has 1 rings (SSSR count). The Hall–Kier alpha value is -1.50. The van der Waals surface area contributed by atoms with Crippen molar-refractivity contribution in [2.24, 2.45) is 0 Å². The Morgan fingerprint density at radius 3 is 1.94 bits per heavy atom.